The van der Waals surface area contributed by atoms with E-state index in [9.17, 15) is 0 Å². The summed E-state index contributed by atoms with van der Waals surface area (Å²) in [6.07, 6.45) is 16.8. The van der Waals surface area contributed by atoms with Crippen molar-refractivity contribution >= 4 is 38.7 Å². The SMILES string of the molecule is CCCC1CC2CCC(C1)O2.[B][P-]C(=N)/C(=C\C)c1cnc2cc1O[C@@H](C)CCOc1c(cnn1C)-c1nccc(n1)N2.[K+]. The third-order valence-electron chi connectivity index (χ3n) is 8.04. The van der Waals surface area contributed by atoms with Gasteiger partial charge in [-0.3, -0.25) is 0 Å². The second kappa shape index (κ2) is 16.8. The van der Waals surface area contributed by atoms with Crippen LogP contribution in [0.25, 0.3) is 17.0 Å². The molecule has 13 heteroatoms. The van der Waals surface area contributed by atoms with Gasteiger partial charge >= 0.3 is 51.4 Å². The number of pyridine rings is 1. The first-order valence-corrected chi connectivity index (χ1v) is 16.1. The van der Waals surface area contributed by atoms with Crippen molar-refractivity contribution < 1.29 is 65.6 Å². The summed E-state index contributed by atoms with van der Waals surface area (Å²) in [6.45, 7) is 6.55. The summed E-state index contributed by atoms with van der Waals surface area (Å²) in [7, 11) is 7.88. The van der Waals surface area contributed by atoms with E-state index in [4.69, 9.17) is 27.2 Å². The van der Waals surface area contributed by atoms with E-state index in [2.05, 4.69) is 32.3 Å². The van der Waals surface area contributed by atoms with Crippen molar-refractivity contribution in [1.82, 2.24) is 24.7 Å². The quantitative estimate of drug-likeness (QED) is 0.246. The summed E-state index contributed by atoms with van der Waals surface area (Å²) >= 11 is 0. The molecule has 3 aliphatic heterocycles. The molecule has 3 aromatic heterocycles. The van der Waals surface area contributed by atoms with Crippen molar-refractivity contribution in [3.05, 3.63) is 42.4 Å². The Bertz CT molecular complexity index is 1440. The molecule has 2 radical (unpaired) electrons. The topological polar surface area (TPSA) is 120 Å². The summed E-state index contributed by atoms with van der Waals surface area (Å²) in [4.78, 5) is 13.5. The molecule has 2 saturated heterocycles. The Morgan fingerprint density at radius 3 is 2.66 bits per heavy atom. The summed E-state index contributed by atoms with van der Waals surface area (Å²) < 4.78 is 19.7. The first-order valence-electron chi connectivity index (χ1n) is 15.1. The molecule has 0 spiro atoms. The van der Waals surface area contributed by atoms with Crippen molar-refractivity contribution in [2.75, 3.05) is 11.9 Å². The molecule has 0 aromatic carbocycles. The van der Waals surface area contributed by atoms with E-state index in [1.807, 2.05) is 27.0 Å². The van der Waals surface area contributed by atoms with E-state index < -0.39 is 0 Å². The fourth-order valence-electron chi connectivity index (χ4n) is 5.94. The molecule has 2 unspecified atom stereocenters. The predicted molar refractivity (Wildman–Crippen MR) is 172 cm³/mol. The molecule has 44 heavy (non-hydrogen) atoms. The molecule has 2 fully saturated rings. The van der Waals surface area contributed by atoms with Crippen LogP contribution < -0.4 is 66.2 Å². The Kier molecular flexibility index (Phi) is 13.4. The van der Waals surface area contributed by atoms with E-state index in [-0.39, 0.29) is 62.9 Å². The van der Waals surface area contributed by atoms with Crippen LogP contribution in [0.5, 0.6) is 11.6 Å². The molecule has 3 atom stereocenters. The zero-order valence-electron chi connectivity index (χ0n) is 26.4. The van der Waals surface area contributed by atoms with Gasteiger partial charge in [-0.15, -0.1) is 5.45 Å². The van der Waals surface area contributed by atoms with Crippen LogP contribution in [0.3, 0.4) is 0 Å². The van der Waals surface area contributed by atoms with Crippen molar-refractivity contribution in [3.63, 3.8) is 0 Å². The number of aromatic nitrogens is 5. The largest absolute Gasteiger partial charge is 1.00 e. The molecular weight excluding hydrogens is 599 g/mol. The summed E-state index contributed by atoms with van der Waals surface area (Å²) in [5, 5.41) is 15.7. The van der Waals surface area contributed by atoms with Crippen LogP contribution in [0, 0.1) is 11.3 Å². The summed E-state index contributed by atoms with van der Waals surface area (Å²) in [5.41, 5.74) is 2.38. The normalized spacial score (nSPS) is 22.7. The van der Waals surface area contributed by atoms with Crippen molar-refractivity contribution in [2.24, 2.45) is 13.0 Å². The Labute approximate surface area is 306 Å². The van der Waals surface area contributed by atoms with Crippen molar-refractivity contribution in [2.45, 2.75) is 84.0 Å². The van der Waals surface area contributed by atoms with E-state index in [1.54, 1.807) is 35.4 Å². The molecule has 6 rings (SSSR count). The van der Waals surface area contributed by atoms with Crippen LogP contribution in [0.15, 0.2) is 36.8 Å². The number of nitrogens with zero attached hydrogens (tertiary/aromatic N) is 5. The van der Waals surface area contributed by atoms with E-state index in [0.717, 1.165) is 5.92 Å². The van der Waals surface area contributed by atoms with Gasteiger partial charge in [-0.05, 0) is 57.1 Å². The Morgan fingerprint density at radius 1 is 1.18 bits per heavy atom. The van der Waals surface area contributed by atoms with Crippen LogP contribution in [-0.2, 0) is 11.8 Å². The second-order valence-electron chi connectivity index (χ2n) is 11.3. The predicted octanol–water partition coefficient (Wildman–Crippen LogP) is 3.72. The molecule has 10 nitrogen and oxygen atoms in total. The van der Waals surface area contributed by atoms with Gasteiger partial charge < -0.3 is 33.4 Å². The van der Waals surface area contributed by atoms with Gasteiger partial charge in [-0.1, -0.05) is 25.8 Å². The smallest absolute Gasteiger partial charge is 0.533 e. The van der Waals surface area contributed by atoms with Gasteiger partial charge in [-0.25, -0.2) is 19.6 Å². The average molecular weight is 640 g/mol. The number of aryl methyl sites for hydroxylation is 1. The van der Waals surface area contributed by atoms with E-state index >= 15 is 0 Å². The van der Waals surface area contributed by atoms with Gasteiger partial charge in [0.25, 0.3) is 0 Å². The van der Waals surface area contributed by atoms with Crippen molar-refractivity contribution in [3.8, 4) is 23.0 Å². The molecular formula is C31H40BKN7O3P. The maximum atomic E-state index is 8.21. The number of hydrogen-bond acceptors (Lipinski definition) is 9. The molecule has 0 saturated carbocycles. The van der Waals surface area contributed by atoms with Gasteiger partial charge in [0.15, 0.2) is 5.82 Å². The second-order valence-corrected chi connectivity index (χ2v) is 12.0. The zero-order chi connectivity index (χ0) is 30.3. The first-order chi connectivity index (χ1) is 20.9. The standard InChI is InChI=1S/C21H22BN7O2P.C10H18O.K/c1-4-13(19(23)32-22)14-10-25-18-9-16(14)31-12(2)6-8-30-21-15(11-26-29(21)3)20-24-7-5-17(27-18)28-20;1-2-3-8-6-9-4-5-10(7-8)11-9;/h4-5,7,9-12,23H,6,8H2,1-3H3,(H,24,25,27,28);8-10H,2-7H2,1H3;/q-1;;+1/b13-4-,23-19?;;/t12-;;/m0../s1. The van der Waals surface area contributed by atoms with Crippen LogP contribution >= 0.6 is 8.46 Å². The minimum absolute atomic E-state index is 0. The van der Waals surface area contributed by atoms with Crippen LogP contribution in [0.1, 0.15) is 71.3 Å². The molecule has 3 aliphatic rings. The summed E-state index contributed by atoms with van der Waals surface area (Å²) in [5.74, 6) is 3.82. The minimum Gasteiger partial charge on any atom is -0.533 e. The molecule has 6 heterocycles. The third kappa shape index (κ3) is 8.78. The van der Waals surface area contributed by atoms with Gasteiger partial charge in [0, 0.05) is 37.5 Å². The third-order valence-corrected chi connectivity index (χ3v) is 8.54. The van der Waals surface area contributed by atoms with Crippen LogP contribution in [0.2, 0.25) is 0 Å². The molecule has 0 amide bonds. The number of fused-ring (bicyclic) bond motifs is 8. The first kappa shape index (κ1) is 35.2. The Morgan fingerprint density at radius 2 is 1.95 bits per heavy atom. The van der Waals surface area contributed by atoms with Gasteiger partial charge in [0.1, 0.15) is 22.9 Å². The van der Waals surface area contributed by atoms with Gasteiger partial charge in [0.05, 0.1) is 31.1 Å². The van der Waals surface area contributed by atoms with Gasteiger partial charge in [-0.2, -0.15) is 12.7 Å². The van der Waals surface area contributed by atoms with Gasteiger partial charge in [0.2, 0.25) is 5.88 Å². The number of allylic oxidation sites excluding steroid dienone is 2. The zero-order valence-corrected chi connectivity index (χ0v) is 30.4. The molecule has 6 bridgehead atoms. The molecule has 2 N–H and O–H groups in total. The number of nitrogens with one attached hydrogen (secondary N) is 2. The number of rotatable bonds is 5. The van der Waals surface area contributed by atoms with E-state index in [1.165, 1.54) is 38.5 Å². The van der Waals surface area contributed by atoms with Crippen LogP contribution in [0.4, 0.5) is 11.6 Å². The van der Waals surface area contributed by atoms with Crippen LogP contribution in [-0.4, -0.2) is 62.7 Å². The molecule has 3 aromatic rings. The fourth-order valence-corrected chi connectivity index (χ4v) is 6.33. The van der Waals surface area contributed by atoms with Crippen molar-refractivity contribution in [1.29, 1.82) is 5.41 Å². The number of ether oxygens (including phenoxy) is 3. The van der Waals surface area contributed by atoms with E-state index in [0.29, 0.717) is 79.5 Å². The fraction of sp³-hybridized carbons (Fsp3) is 0.516. The minimum atomic E-state index is -0.152. The average Bonchev–Trinajstić information content (AvgIpc) is 3.54. The molecule has 226 valence electrons. The monoisotopic (exact) mass is 639 g/mol. The number of hydrogen-bond donors (Lipinski definition) is 2. The Hall–Kier alpha value is -1.66. The Balaban J connectivity index is 0.000000308. The maximum Gasteiger partial charge on any atom is 1.00 e. The molecule has 0 aliphatic carbocycles. The number of anilines is 2. The summed E-state index contributed by atoms with van der Waals surface area (Å²) in [6, 6.07) is 3.56. The maximum absolute atomic E-state index is 8.21.